The van der Waals surface area contributed by atoms with Crippen LogP contribution in [0.4, 0.5) is 8.78 Å². The lowest BCUT2D eigenvalue weighted by Gasteiger charge is -2.33. The number of rotatable bonds is 6. The molecule has 1 atom stereocenters. The van der Waals surface area contributed by atoms with Crippen LogP contribution in [-0.2, 0) is 10.3 Å². The Labute approximate surface area is 165 Å². The first-order chi connectivity index (χ1) is 13.3. The van der Waals surface area contributed by atoms with Gasteiger partial charge in [0.1, 0.15) is 11.2 Å². The minimum Gasteiger partial charge on any atom is -0.343 e. The molecular formula is C19H22F2N4O2S. The van der Waals surface area contributed by atoms with Crippen molar-refractivity contribution in [1.29, 1.82) is 0 Å². The molecule has 0 saturated heterocycles. The summed E-state index contributed by atoms with van der Waals surface area (Å²) < 4.78 is 28.8. The third kappa shape index (κ3) is 3.59. The number of nitrogens with one attached hydrogen (secondary N) is 1. The predicted octanol–water partition coefficient (Wildman–Crippen LogP) is 3.71. The Hall–Kier alpha value is -2.16. The Morgan fingerprint density at radius 1 is 1.29 bits per heavy atom. The molecular weight excluding hydrogens is 386 g/mol. The second-order valence-electron chi connectivity index (χ2n) is 7.83. The number of Topliss-reactive ketones (excluding diaryl/α,β-unsaturated/α-hetero) is 1. The monoisotopic (exact) mass is 408 g/mol. The van der Waals surface area contributed by atoms with E-state index in [0.29, 0.717) is 36.9 Å². The number of carbonyl (C=O) groups excluding carboxylic acids is 2. The summed E-state index contributed by atoms with van der Waals surface area (Å²) in [6.45, 7) is 1.54. The van der Waals surface area contributed by atoms with Crippen LogP contribution in [0.25, 0.3) is 0 Å². The Balaban J connectivity index is 1.59. The fourth-order valence-corrected chi connectivity index (χ4v) is 4.57. The van der Waals surface area contributed by atoms with Gasteiger partial charge in [-0.3, -0.25) is 9.59 Å². The van der Waals surface area contributed by atoms with Gasteiger partial charge in [0.15, 0.2) is 5.78 Å². The molecule has 2 saturated carbocycles. The van der Waals surface area contributed by atoms with Crippen LogP contribution < -0.4 is 5.32 Å². The molecule has 1 unspecified atom stereocenters. The summed E-state index contributed by atoms with van der Waals surface area (Å²) in [5.41, 5.74) is 0.421. The van der Waals surface area contributed by atoms with Gasteiger partial charge in [-0.1, -0.05) is 5.21 Å². The molecule has 1 amide bonds. The van der Waals surface area contributed by atoms with E-state index in [1.54, 1.807) is 22.3 Å². The van der Waals surface area contributed by atoms with Crippen LogP contribution in [0.15, 0.2) is 23.0 Å². The van der Waals surface area contributed by atoms with Crippen molar-refractivity contribution in [3.05, 3.63) is 34.3 Å². The largest absolute Gasteiger partial charge is 0.343 e. The Bertz CT molecular complexity index is 866. The SMILES string of the molecule is CC(=O)C1(n2cc(C(NC(=O)c3ccsc3)C3CCC(F)(F)CC3)nn2)CC1. The van der Waals surface area contributed by atoms with Crippen LogP contribution >= 0.6 is 11.3 Å². The average molecular weight is 408 g/mol. The topological polar surface area (TPSA) is 76.9 Å². The van der Waals surface area contributed by atoms with E-state index in [1.807, 2.05) is 5.38 Å². The van der Waals surface area contributed by atoms with Gasteiger partial charge in [-0.25, -0.2) is 13.5 Å². The van der Waals surface area contributed by atoms with E-state index in [0.717, 1.165) is 0 Å². The highest BCUT2D eigenvalue weighted by Crippen LogP contribution is 2.45. The normalized spacial score (nSPS) is 21.8. The van der Waals surface area contributed by atoms with Gasteiger partial charge in [-0.2, -0.15) is 11.3 Å². The quantitative estimate of drug-likeness (QED) is 0.790. The zero-order chi connectivity index (χ0) is 19.9. The van der Waals surface area contributed by atoms with Gasteiger partial charge in [0.25, 0.3) is 5.91 Å². The van der Waals surface area contributed by atoms with Crippen LogP contribution in [0, 0.1) is 5.92 Å². The molecule has 0 spiro atoms. The van der Waals surface area contributed by atoms with E-state index >= 15 is 0 Å². The molecule has 28 heavy (non-hydrogen) atoms. The van der Waals surface area contributed by atoms with Gasteiger partial charge in [0.2, 0.25) is 5.92 Å². The van der Waals surface area contributed by atoms with Gasteiger partial charge < -0.3 is 5.32 Å². The highest BCUT2D eigenvalue weighted by Gasteiger charge is 2.51. The number of thiophene rings is 1. The van der Waals surface area contributed by atoms with E-state index in [1.165, 1.54) is 18.3 Å². The minimum absolute atomic E-state index is 0.0279. The molecule has 6 nitrogen and oxygen atoms in total. The van der Waals surface area contributed by atoms with Crippen molar-refractivity contribution >= 4 is 23.0 Å². The Morgan fingerprint density at radius 3 is 2.57 bits per heavy atom. The first-order valence-corrected chi connectivity index (χ1v) is 10.4. The van der Waals surface area contributed by atoms with Gasteiger partial charge in [0.05, 0.1) is 17.8 Å². The zero-order valence-electron chi connectivity index (χ0n) is 15.5. The maximum absolute atomic E-state index is 13.6. The molecule has 2 aliphatic carbocycles. The second kappa shape index (κ2) is 7.02. The molecule has 2 aromatic heterocycles. The van der Waals surface area contributed by atoms with Crippen LogP contribution in [0.2, 0.25) is 0 Å². The molecule has 2 aromatic rings. The van der Waals surface area contributed by atoms with E-state index in [9.17, 15) is 18.4 Å². The smallest absolute Gasteiger partial charge is 0.252 e. The molecule has 9 heteroatoms. The molecule has 0 radical (unpaired) electrons. The number of hydrogen-bond acceptors (Lipinski definition) is 5. The Kier molecular flexibility index (Phi) is 4.81. The lowest BCUT2D eigenvalue weighted by atomic mass is 9.81. The molecule has 150 valence electrons. The fraction of sp³-hybridized carbons (Fsp3) is 0.579. The van der Waals surface area contributed by atoms with Crippen molar-refractivity contribution in [3.63, 3.8) is 0 Å². The molecule has 2 fully saturated rings. The van der Waals surface area contributed by atoms with E-state index in [4.69, 9.17) is 0 Å². The van der Waals surface area contributed by atoms with Crippen LogP contribution in [0.5, 0.6) is 0 Å². The van der Waals surface area contributed by atoms with Crippen LogP contribution in [0.1, 0.15) is 67.5 Å². The summed E-state index contributed by atoms with van der Waals surface area (Å²) in [4.78, 5) is 24.6. The first kappa shape index (κ1) is 19.2. The summed E-state index contributed by atoms with van der Waals surface area (Å²) in [5.74, 6) is -3.03. The lowest BCUT2D eigenvalue weighted by Crippen LogP contribution is -2.37. The molecule has 0 bridgehead atoms. The van der Waals surface area contributed by atoms with Crippen molar-refractivity contribution < 1.29 is 18.4 Å². The first-order valence-electron chi connectivity index (χ1n) is 9.45. The van der Waals surface area contributed by atoms with Crippen molar-refractivity contribution in [3.8, 4) is 0 Å². The van der Waals surface area contributed by atoms with Gasteiger partial charge in [0, 0.05) is 18.2 Å². The number of halogens is 2. The third-order valence-electron chi connectivity index (χ3n) is 5.95. The van der Waals surface area contributed by atoms with Crippen molar-refractivity contribution in [1.82, 2.24) is 20.3 Å². The zero-order valence-corrected chi connectivity index (χ0v) is 16.3. The number of alkyl halides is 2. The van der Waals surface area contributed by atoms with Gasteiger partial charge in [-0.15, -0.1) is 5.10 Å². The van der Waals surface area contributed by atoms with Crippen molar-refractivity contribution in [2.24, 2.45) is 5.92 Å². The molecule has 1 N–H and O–H groups in total. The molecule has 0 aromatic carbocycles. The van der Waals surface area contributed by atoms with Gasteiger partial charge in [-0.05, 0) is 50.0 Å². The number of nitrogens with zero attached hydrogens (tertiary/aromatic N) is 3. The molecule has 0 aliphatic heterocycles. The number of hydrogen-bond donors (Lipinski definition) is 1. The maximum atomic E-state index is 13.6. The minimum atomic E-state index is -2.65. The average Bonchev–Trinajstić information content (AvgIpc) is 3.08. The summed E-state index contributed by atoms with van der Waals surface area (Å²) in [6, 6.07) is 1.21. The number of aromatic nitrogens is 3. The van der Waals surface area contributed by atoms with Crippen LogP contribution in [0.3, 0.4) is 0 Å². The molecule has 2 heterocycles. The lowest BCUT2D eigenvalue weighted by molar-refractivity contribution is -0.121. The second-order valence-corrected chi connectivity index (χ2v) is 8.61. The highest BCUT2D eigenvalue weighted by atomic mass is 32.1. The number of ketones is 1. The maximum Gasteiger partial charge on any atom is 0.252 e. The van der Waals surface area contributed by atoms with Crippen molar-refractivity contribution in [2.75, 3.05) is 0 Å². The van der Waals surface area contributed by atoms with Gasteiger partial charge >= 0.3 is 0 Å². The summed E-state index contributed by atoms with van der Waals surface area (Å²) in [7, 11) is 0. The predicted molar refractivity (Wildman–Crippen MR) is 99.3 cm³/mol. The van der Waals surface area contributed by atoms with E-state index in [2.05, 4.69) is 15.6 Å². The fourth-order valence-electron chi connectivity index (χ4n) is 3.94. The summed E-state index contributed by atoms with van der Waals surface area (Å²) in [5, 5.41) is 14.9. The Morgan fingerprint density at radius 2 is 2.00 bits per heavy atom. The third-order valence-corrected chi connectivity index (χ3v) is 6.63. The highest BCUT2D eigenvalue weighted by molar-refractivity contribution is 7.08. The number of amides is 1. The van der Waals surface area contributed by atoms with Crippen molar-refractivity contribution in [2.45, 2.75) is 63.0 Å². The standard InChI is InChI=1S/C19H22F2N4O2S/c1-12(26)18(7-8-18)25-10-15(23-24-25)16(13-2-5-19(20,21)6-3-13)22-17(27)14-4-9-28-11-14/h4,9-11,13,16H,2-3,5-8H2,1H3,(H,22,27). The van der Waals surface area contributed by atoms with Crippen LogP contribution in [-0.4, -0.2) is 32.6 Å². The summed E-state index contributed by atoms with van der Waals surface area (Å²) in [6.07, 6.45) is 3.32. The number of carbonyl (C=O) groups is 2. The molecule has 4 rings (SSSR count). The molecule has 2 aliphatic rings. The van der Waals surface area contributed by atoms with E-state index < -0.39 is 17.5 Å². The van der Waals surface area contributed by atoms with E-state index in [-0.39, 0.29) is 30.4 Å². The summed E-state index contributed by atoms with van der Waals surface area (Å²) >= 11 is 1.42.